The summed E-state index contributed by atoms with van der Waals surface area (Å²) < 4.78 is 10.6. The molecule has 0 aromatic heterocycles. The SMILES string of the molecule is COc1cccc(Oc2c(O)c3c(c(O)c2Cl)C(=O)C=CC3=O)c1. The molecule has 2 aromatic carbocycles. The summed E-state index contributed by atoms with van der Waals surface area (Å²) in [5.74, 6) is -2.06. The van der Waals surface area contributed by atoms with E-state index < -0.39 is 23.1 Å². The molecule has 0 bridgehead atoms. The van der Waals surface area contributed by atoms with Gasteiger partial charge in [-0.25, -0.2) is 0 Å². The van der Waals surface area contributed by atoms with Crippen LogP contribution in [0.5, 0.6) is 28.7 Å². The van der Waals surface area contributed by atoms with Crippen molar-refractivity contribution < 1.29 is 29.3 Å². The Morgan fingerprint density at radius 2 is 1.54 bits per heavy atom. The summed E-state index contributed by atoms with van der Waals surface area (Å²) in [6.45, 7) is 0. The highest BCUT2D eigenvalue weighted by atomic mass is 35.5. The van der Waals surface area contributed by atoms with Gasteiger partial charge < -0.3 is 19.7 Å². The van der Waals surface area contributed by atoms with Gasteiger partial charge in [0, 0.05) is 6.07 Å². The molecule has 0 spiro atoms. The van der Waals surface area contributed by atoms with Crippen molar-refractivity contribution in [2.75, 3.05) is 7.11 Å². The number of ether oxygens (including phenoxy) is 2. The summed E-state index contributed by atoms with van der Waals surface area (Å²) in [5.41, 5.74) is -0.690. The summed E-state index contributed by atoms with van der Waals surface area (Å²) in [7, 11) is 1.48. The predicted molar refractivity (Wildman–Crippen MR) is 85.7 cm³/mol. The number of phenols is 2. The summed E-state index contributed by atoms with van der Waals surface area (Å²) in [6, 6.07) is 6.43. The van der Waals surface area contributed by atoms with Crippen LogP contribution in [-0.2, 0) is 0 Å². The van der Waals surface area contributed by atoms with E-state index in [1.807, 2.05) is 0 Å². The maximum atomic E-state index is 12.0. The zero-order valence-corrected chi connectivity index (χ0v) is 13.1. The molecule has 122 valence electrons. The first-order valence-corrected chi connectivity index (χ1v) is 7.18. The lowest BCUT2D eigenvalue weighted by molar-refractivity contribution is 0.0988. The predicted octanol–water partition coefficient (Wildman–Crippen LogP) is 3.49. The van der Waals surface area contributed by atoms with Gasteiger partial charge in [0.25, 0.3) is 0 Å². The number of allylic oxidation sites excluding steroid dienone is 2. The van der Waals surface area contributed by atoms with Crippen LogP contribution in [0.15, 0.2) is 36.4 Å². The molecule has 1 aliphatic carbocycles. The van der Waals surface area contributed by atoms with Crippen molar-refractivity contribution in [3.8, 4) is 28.7 Å². The van der Waals surface area contributed by atoms with Crippen LogP contribution in [0.2, 0.25) is 5.02 Å². The number of rotatable bonds is 3. The Labute approximate surface area is 141 Å². The summed E-state index contributed by atoms with van der Waals surface area (Å²) >= 11 is 6.02. The molecule has 0 saturated heterocycles. The molecular weight excluding hydrogens is 336 g/mol. The fourth-order valence-corrected chi connectivity index (χ4v) is 2.57. The van der Waals surface area contributed by atoms with Crippen LogP contribution >= 0.6 is 11.6 Å². The third kappa shape index (κ3) is 2.47. The van der Waals surface area contributed by atoms with Gasteiger partial charge in [-0.15, -0.1) is 0 Å². The number of carbonyl (C=O) groups excluding carboxylic acids is 2. The number of hydrogen-bond acceptors (Lipinski definition) is 6. The zero-order valence-electron chi connectivity index (χ0n) is 12.4. The average molecular weight is 347 g/mol. The zero-order chi connectivity index (χ0) is 17.4. The van der Waals surface area contributed by atoms with E-state index >= 15 is 0 Å². The normalized spacial score (nSPS) is 12.9. The van der Waals surface area contributed by atoms with Gasteiger partial charge in [0.05, 0.1) is 18.2 Å². The molecule has 3 rings (SSSR count). The third-order valence-corrected chi connectivity index (χ3v) is 3.84. The second-order valence-corrected chi connectivity index (χ2v) is 5.31. The fourth-order valence-electron chi connectivity index (χ4n) is 2.35. The molecule has 2 N–H and O–H groups in total. The molecule has 0 fully saturated rings. The Bertz CT molecular complexity index is 900. The van der Waals surface area contributed by atoms with E-state index in [1.54, 1.807) is 18.2 Å². The molecule has 2 aromatic rings. The second-order valence-electron chi connectivity index (χ2n) is 4.93. The van der Waals surface area contributed by atoms with Gasteiger partial charge in [0.15, 0.2) is 23.1 Å². The van der Waals surface area contributed by atoms with Crippen LogP contribution in [0.1, 0.15) is 20.7 Å². The molecule has 6 nitrogen and oxygen atoms in total. The van der Waals surface area contributed by atoms with Crippen LogP contribution in [0, 0.1) is 0 Å². The van der Waals surface area contributed by atoms with Crippen molar-refractivity contribution in [2.24, 2.45) is 0 Å². The van der Waals surface area contributed by atoms with Crippen molar-refractivity contribution in [1.29, 1.82) is 0 Å². The maximum Gasteiger partial charge on any atom is 0.192 e. The summed E-state index contributed by atoms with van der Waals surface area (Å²) in [4.78, 5) is 23.9. The van der Waals surface area contributed by atoms with Gasteiger partial charge in [0.1, 0.15) is 22.3 Å². The van der Waals surface area contributed by atoms with Gasteiger partial charge in [-0.3, -0.25) is 9.59 Å². The van der Waals surface area contributed by atoms with Crippen molar-refractivity contribution in [3.63, 3.8) is 0 Å². The quantitative estimate of drug-likeness (QED) is 0.826. The lowest BCUT2D eigenvalue weighted by Gasteiger charge is -2.18. The van der Waals surface area contributed by atoms with Crippen molar-refractivity contribution >= 4 is 23.2 Å². The first-order chi connectivity index (χ1) is 11.4. The van der Waals surface area contributed by atoms with Crippen LogP contribution in [0.3, 0.4) is 0 Å². The number of ketones is 2. The van der Waals surface area contributed by atoms with E-state index in [9.17, 15) is 19.8 Å². The van der Waals surface area contributed by atoms with Gasteiger partial charge in [0.2, 0.25) is 0 Å². The van der Waals surface area contributed by atoms with Gasteiger partial charge in [-0.2, -0.15) is 0 Å². The molecule has 0 heterocycles. The molecule has 0 radical (unpaired) electrons. The number of hydrogen-bond donors (Lipinski definition) is 2. The number of halogens is 1. The van der Waals surface area contributed by atoms with Crippen LogP contribution in [0.4, 0.5) is 0 Å². The summed E-state index contributed by atoms with van der Waals surface area (Å²) in [5, 5.41) is 20.1. The van der Waals surface area contributed by atoms with Crippen molar-refractivity contribution in [3.05, 3.63) is 52.6 Å². The molecule has 0 amide bonds. The van der Waals surface area contributed by atoms with Crippen LogP contribution in [-0.4, -0.2) is 28.9 Å². The molecule has 0 aliphatic heterocycles. The van der Waals surface area contributed by atoms with Gasteiger partial charge in [-0.1, -0.05) is 17.7 Å². The first kappa shape index (κ1) is 15.9. The second kappa shape index (κ2) is 5.90. The van der Waals surface area contributed by atoms with Crippen molar-refractivity contribution in [2.45, 2.75) is 0 Å². The number of methoxy groups -OCH3 is 1. The highest BCUT2D eigenvalue weighted by molar-refractivity contribution is 6.36. The highest BCUT2D eigenvalue weighted by Crippen LogP contribution is 2.49. The third-order valence-electron chi connectivity index (χ3n) is 3.49. The minimum absolute atomic E-state index is 0.260. The molecule has 7 heteroatoms. The fraction of sp³-hybridized carbons (Fsp3) is 0.0588. The van der Waals surface area contributed by atoms with Crippen LogP contribution in [0.25, 0.3) is 0 Å². The molecule has 0 unspecified atom stereocenters. The number of benzene rings is 2. The molecule has 1 aliphatic rings. The Kier molecular flexibility index (Phi) is 3.91. The van der Waals surface area contributed by atoms with Crippen molar-refractivity contribution in [1.82, 2.24) is 0 Å². The number of fused-ring (bicyclic) bond motifs is 1. The Morgan fingerprint density at radius 1 is 0.958 bits per heavy atom. The van der Waals surface area contributed by atoms with E-state index in [2.05, 4.69) is 0 Å². The lowest BCUT2D eigenvalue weighted by Crippen LogP contribution is -2.13. The first-order valence-electron chi connectivity index (χ1n) is 6.80. The monoisotopic (exact) mass is 346 g/mol. The number of aromatic hydroxyl groups is 2. The maximum absolute atomic E-state index is 12.0. The van der Waals surface area contributed by atoms with E-state index in [0.29, 0.717) is 5.75 Å². The van der Waals surface area contributed by atoms with E-state index in [-0.39, 0.29) is 27.6 Å². The molecule has 0 atom stereocenters. The molecule has 24 heavy (non-hydrogen) atoms. The molecule has 0 saturated carbocycles. The standard InChI is InChI=1S/C17H11ClO6/c1-23-8-3-2-4-9(7-8)24-17-14(18)15(21)12-10(19)5-6-11(20)13(12)16(17)22/h2-7,21-22H,1H3. The van der Waals surface area contributed by atoms with E-state index in [1.165, 1.54) is 13.2 Å². The minimum atomic E-state index is -0.635. The van der Waals surface area contributed by atoms with E-state index in [0.717, 1.165) is 12.2 Å². The number of carbonyl (C=O) groups is 2. The molecular formula is C17H11ClO6. The largest absolute Gasteiger partial charge is 0.505 e. The Balaban J connectivity index is 2.16. The number of phenolic OH excluding ortho intramolecular Hbond substituents is 2. The Hall–Kier alpha value is -2.99. The lowest BCUT2D eigenvalue weighted by atomic mass is 9.92. The topological polar surface area (TPSA) is 93.1 Å². The van der Waals surface area contributed by atoms with Gasteiger partial charge >= 0.3 is 0 Å². The van der Waals surface area contributed by atoms with Gasteiger partial charge in [-0.05, 0) is 24.3 Å². The van der Waals surface area contributed by atoms with E-state index in [4.69, 9.17) is 21.1 Å². The van der Waals surface area contributed by atoms with Crippen LogP contribution < -0.4 is 9.47 Å². The minimum Gasteiger partial charge on any atom is -0.505 e. The average Bonchev–Trinajstić information content (AvgIpc) is 2.58. The smallest absolute Gasteiger partial charge is 0.192 e. The highest BCUT2D eigenvalue weighted by Gasteiger charge is 2.32. The summed E-state index contributed by atoms with van der Waals surface area (Å²) in [6.07, 6.45) is 2.01. The Morgan fingerprint density at radius 3 is 2.17 bits per heavy atom.